The van der Waals surface area contributed by atoms with Gasteiger partial charge in [-0.15, -0.1) is 0 Å². The van der Waals surface area contributed by atoms with E-state index in [4.69, 9.17) is 15.5 Å². The van der Waals surface area contributed by atoms with Crippen LogP contribution in [0.3, 0.4) is 0 Å². The fraction of sp³-hybridized carbons (Fsp3) is 0.421. The summed E-state index contributed by atoms with van der Waals surface area (Å²) >= 11 is 0. The zero-order valence-corrected chi connectivity index (χ0v) is 16.2. The van der Waals surface area contributed by atoms with Crippen molar-refractivity contribution in [3.63, 3.8) is 0 Å². The van der Waals surface area contributed by atoms with Crippen molar-refractivity contribution in [3.8, 4) is 0 Å². The van der Waals surface area contributed by atoms with E-state index in [1.165, 1.54) is 0 Å². The van der Waals surface area contributed by atoms with Crippen molar-refractivity contribution < 1.29 is 9.53 Å². The number of urea groups is 1. The number of benzene rings is 1. The highest BCUT2D eigenvalue weighted by atomic mass is 16.5. The Labute approximate surface area is 158 Å². The molecule has 0 spiro atoms. The van der Waals surface area contributed by atoms with Crippen LogP contribution in [0, 0.1) is 0 Å². The van der Waals surface area contributed by atoms with E-state index in [-0.39, 0.29) is 6.03 Å². The van der Waals surface area contributed by atoms with Crippen molar-refractivity contribution in [1.82, 2.24) is 25.2 Å². The number of nitrogens with two attached hydrogens (primary N) is 1. The SMILES string of the molecule is CCOCc1nc2c(N)nc3ccccc3c2n1CC(C)(C)NC(=O)NC. The number of pyridine rings is 1. The third-order valence-corrected chi connectivity index (χ3v) is 4.36. The number of nitrogen functional groups attached to an aromatic ring is 1. The lowest BCUT2D eigenvalue weighted by atomic mass is 10.1. The van der Waals surface area contributed by atoms with Gasteiger partial charge in [0, 0.05) is 25.6 Å². The van der Waals surface area contributed by atoms with Crippen LogP contribution in [-0.2, 0) is 17.9 Å². The lowest BCUT2D eigenvalue weighted by Crippen LogP contribution is -2.50. The Morgan fingerprint density at radius 2 is 2.04 bits per heavy atom. The first-order valence-corrected chi connectivity index (χ1v) is 8.97. The second-order valence-corrected chi connectivity index (χ2v) is 7.05. The van der Waals surface area contributed by atoms with E-state index in [1.807, 2.05) is 45.0 Å². The molecule has 2 heterocycles. The van der Waals surface area contributed by atoms with Gasteiger partial charge < -0.3 is 25.7 Å². The van der Waals surface area contributed by atoms with Gasteiger partial charge >= 0.3 is 6.03 Å². The van der Waals surface area contributed by atoms with Crippen LogP contribution in [0.5, 0.6) is 0 Å². The molecule has 0 atom stereocenters. The molecule has 0 aliphatic rings. The molecule has 3 rings (SSSR count). The second-order valence-electron chi connectivity index (χ2n) is 7.05. The minimum Gasteiger partial charge on any atom is -0.382 e. The fourth-order valence-corrected chi connectivity index (χ4v) is 3.18. The molecule has 3 aromatic rings. The van der Waals surface area contributed by atoms with Crippen LogP contribution in [-0.4, -0.2) is 39.8 Å². The first kappa shape index (κ1) is 18.9. The number of amides is 2. The molecule has 0 aliphatic carbocycles. The molecular formula is C19H26N6O2. The number of para-hydroxylation sites is 1. The smallest absolute Gasteiger partial charge is 0.315 e. The molecule has 0 unspecified atom stereocenters. The summed E-state index contributed by atoms with van der Waals surface area (Å²) in [6.07, 6.45) is 0. The standard InChI is InChI=1S/C19H26N6O2/c1-5-27-10-14-23-15-16(12-8-6-7-9-13(12)22-17(15)20)25(14)11-19(2,3)24-18(26)21-4/h6-9H,5,10-11H2,1-4H3,(H2,20,22)(H2,21,24,26). The molecule has 4 N–H and O–H groups in total. The number of carbonyl (C=O) groups excluding carboxylic acids is 1. The average molecular weight is 370 g/mol. The highest BCUT2D eigenvalue weighted by Gasteiger charge is 2.25. The molecule has 0 aliphatic heterocycles. The fourth-order valence-electron chi connectivity index (χ4n) is 3.18. The van der Waals surface area contributed by atoms with Crippen molar-refractivity contribution in [2.24, 2.45) is 0 Å². The number of ether oxygens (including phenoxy) is 1. The number of hydrogen-bond donors (Lipinski definition) is 3. The number of carbonyl (C=O) groups is 1. The van der Waals surface area contributed by atoms with Crippen molar-refractivity contribution in [1.29, 1.82) is 0 Å². The topological polar surface area (TPSA) is 107 Å². The van der Waals surface area contributed by atoms with Crippen LogP contribution in [0.4, 0.5) is 10.6 Å². The normalized spacial score (nSPS) is 11.9. The quantitative estimate of drug-likeness (QED) is 0.618. The Kier molecular flexibility index (Phi) is 5.18. The minimum absolute atomic E-state index is 0.234. The number of aromatic nitrogens is 3. The molecule has 8 heteroatoms. The summed E-state index contributed by atoms with van der Waals surface area (Å²) in [7, 11) is 1.60. The number of rotatable bonds is 6. The van der Waals surface area contributed by atoms with E-state index in [0.717, 1.165) is 22.2 Å². The summed E-state index contributed by atoms with van der Waals surface area (Å²) < 4.78 is 7.68. The summed E-state index contributed by atoms with van der Waals surface area (Å²) in [6.45, 7) is 7.31. The maximum Gasteiger partial charge on any atom is 0.315 e. The minimum atomic E-state index is -0.520. The Morgan fingerprint density at radius 1 is 1.30 bits per heavy atom. The number of hydrogen-bond acceptors (Lipinski definition) is 5. The van der Waals surface area contributed by atoms with Gasteiger partial charge in [-0.2, -0.15) is 0 Å². The maximum absolute atomic E-state index is 11.8. The van der Waals surface area contributed by atoms with Gasteiger partial charge in [-0.25, -0.2) is 14.8 Å². The van der Waals surface area contributed by atoms with Gasteiger partial charge in [0.2, 0.25) is 0 Å². The predicted molar refractivity (Wildman–Crippen MR) is 106 cm³/mol. The molecule has 144 valence electrons. The van der Waals surface area contributed by atoms with Crippen LogP contribution in [0.1, 0.15) is 26.6 Å². The molecule has 0 saturated carbocycles. The zero-order chi connectivity index (χ0) is 19.6. The molecule has 2 amide bonds. The third kappa shape index (κ3) is 3.80. The van der Waals surface area contributed by atoms with Gasteiger partial charge in [-0.05, 0) is 26.8 Å². The number of fused-ring (bicyclic) bond motifs is 3. The highest BCUT2D eigenvalue weighted by molar-refractivity contribution is 6.06. The van der Waals surface area contributed by atoms with Crippen LogP contribution in [0.15, 0.2) is 24.3 Å². The Bertz CT molecular complexity index is 979. The summed E-state index contributed by atoms with van der Waals surface area (Å²) in [5, 5.41) is 6.53. The lowest BCUT2D eigenvalue weighted by molar-refractivity contribution is 0.124. The number of nitrogens with zero attached hydrogens (tertiary/aromatic N) is 3. The largest absolute Gasteiger partial charge is 0.382 e. The molecular weight excluding hydrogens is 344 g/mol. The van der Waals surface area contributed by atoms with Gasteiger partial charge in [0.05, 0.1) is 16.6 Å². The summed E-state index contributed by atoms with van der Waals surface area (Å²) in [4.78, 5) is 21.0. The lowest BCUT2D eigenvalue weighted by Gasteiger charge is -2.28. The third-order valence-electron chi connectivity index (χ3n) is 4.36. The average Bonchev–Trinajstić information content (AvgIpc) is 2.98. The van der Waals surface area contributed by atoms with E-state index >= 15 is 0 Å². The molecule has 27 heavy (non-hydrogen) atoms. The molecule has 0 radical (unpaired) electrons. The van der Waals surface area contributed by atoms with Gasteiger partial charge in [0.25, 0.3) is 0 Å². The van der Waals surface area contributed by atoms with Crippen molar-refractivity contribution in [3.05, 3.63) is 30.1 Å². The predicted octanol–water partition coefficient (Wildman–Crippen LogP) is 2.41. The first-order chi connectivity index (χ1) is 12.9. The first-order valence-electron chi connectivity index (χ1n) is 8.97. The van der Waals surface area contributed by atoms with E-state index in [0.29, 0.717) is 31.1 Å². The number of anilines is 1. The molecule has 0 bridgehead atoms. The van der Waals surface area contributed by atoms with Gasteiger partial charge in [0.15, 0.2) is 5.82 Å². The van der Waals surface area contributed by atoms with E-state index in [2.05, 4.69) is 20.2 Å². The van der Waals surface area contributed by atoms with Crippen LogP contribution >= 0.6 is 0 Å². The molecule has 8 nitrogen and oxygen atoms in total. The van der Waals surface area contributed by atoms with Gasteiger partial charge in [0.1, 0.15) is 17.9 Å². The van der Waals surface area contributed by atoms with Crippen molar-refractivity contribution in [2.75, 3.05) is 19.4 Å². The highest BCUT2D eigenvalue weighted by Crippen LogP contribution is 2.30. The molecule has 0 fully saturated rings. The van der Waals surface area contributed by atoms with E-state index in [1.54, 1.807) is 7.05 Å². The van der Waals surface area contributed by atoms with E-state index < -0.39 is 5.54 Å². The maximum atomic E-state index is 11.8. The Hall–Kier alpha value is -2.87. The molecule has 0 saturated heterocycles. The Morgan fingerprint density at radius 3 is 2.74 bits per heavy atom. The zero-order valence-electron chi connectivity index (χ0n) is 16.2. The number of nitrogens with one attached hydrogen (secondary N) is 2. The molecule has 1 aromatic carbocycles. The van der Waals surface area contributed by atoms with Crippen LogP contribution in [0.2, 0.25) is 0 Å². The van der Waals surface area contributed by atoms with Crippen molar-refractivity contribution in [2.45, 2.75) is 39.5 Å². The monoisotopic (exact) mass is 370 g/mol. The Balaban J connectivity index is 2.19. The van der Waals surface area contributed by atoms with E-state index in [9.17, 15) is 4.79 Å². The van der Waals surface area contributed by atoms with Gasteiger partial charge in [-0.1, -0.05) is 18.2 Å². The number of imidazole rings is 1. The summed E-state index contributed by atoms with van der Waals surface area (Å²) in [5.74, 6) is 1.14. The molecule has 2 aromatic heterocycles. The second kappa shape index (κ2) is 7.40. The van der Waals surface area contributed by atoms with Crippen molar-refractivity contribution >= 4 is 33.8 Å². The summed E-state index contributed by atoms with van der Waals surface area (Å²) in [6, 6.07) is 7.60. The summed E-state index contributed by atoms with van der Waals surface area (Å²) in [5.41, 5.74) is 8.04. The van der Waals surface area contributed by atoms with Gasteiger partial charge in [-0.3, -0.25) is 0 Å². The van der Waals surface area contributed by atoms with Crippen LogP contribution in [0.25, 0.3) is 21.9 Å². The van der Waals surface area contributed by atoms with Crippen LogP contribution < -0.4 is 16.4 Å².